The normalized spacial score (nSPS) is 18.1. The van der Waals surface area contributed by atoms with E-state index in [0.29, 0.717) is 5.56 Å². The molecular formula is C27H31F2NO5S. The third-order valence-electron chi connectivity index (χ3n) is 7.00. The van der Waals surface area contributed by atoms with E-state index in [1.807, 2.05) is 56.3 Å². The van der Waals surface area contributed by atoms with E-state index in [4.69, 9.17) is 4.79 Å². The second-order valence-electron chi connectivity index (χ2n) is 10.3. The summed E-state index contributed by atoms with van der Waals surface area (Å²) in [7, 11) is -3.19. The predicted molar refractivity (Wildman–Crippen MR) is 135 cm³/mol. The molecular weight excluding hydrogens is 488 g/mol. The fourth-order valence-electron chi connectivity index (χ4n) is 5.42. The van der Waals surface area contributed by atoms with E-state index in [9.17, 15) is 26.8 Å². The van der Waals surface area contributed by atoms with Gasteiger partial charge in [-0.2, -0.15) is 0 Å². The van der Waals surface area contributed by atoms with Crippen LogP contribution >= 0.6 is 0 Å². The molecule has 9 heteroatoms. The van der Waals surface area contributed by atoms with Crippen LogP contribution < -0.4 is 4.90 Å². The van der Waals surface area contributed by atoms with E-state index < -0.39 is 27.0 Å². The number of carbonyl (C=O) groups is 3. The third-order valence-corrected chi connectivity index (χ3v) is 8.14. The number of ketones is 1. The van der Waals surface area contributed by atoms with Crippen molar-refractivity contribution < 1.29 is 31.6 Å². The number of hydrogen-bond acceptors (Lipinski definition) is 5. The molecule has 2 aromatic rings. The monoisotopic (exact) mass is 519 g/mol. The molecule has 1 heterocycles. The predicted octanol–water partition coefficient (Wildman–Crippen LogP) is 6.26. The van der Waals surface area contributed by atoms with Crippen LogP contribution in [0.1, 0.15) is 68.3 Å². The first-order chi connectivity index (χ1) is 16.8. The molecule has 0 spiro atoms. The van der Waals surface area contributed by atoms with Gasteiger partial charge in [0.25, 0.3) is 0 Å². The number of carbonyl (C=O) groups excluding carboxylic acids is 3. The quantitative estimate of drug-likeness (QED) is 0.332. The van der Waals surface area contributed by atoms with E-state index in [0.717, 1.165) is 49.0 Å². The van der Waals surface area contributed by atoms with Crippen molar-refractivity contribution in [2.45, 2.75) is 57.8 Å². The van der Waals surface area contributed by atoms with Crippen molar-refractivity contribution in [3.63, 3.8) is 0 Å². The SMILES string of the molecule is CC1(C)C(=O)N(c2ccccc2)c2ccc(C(=O)CC3(CS(C)(=O)=O)CCCCC3)cc21.O=C(F)F. The van der Waals surface area contributed by atoms with E-state index in [1.54, 1.807) is 11.0 Å². The molecule has 194 valence electrons. The van der Waals surface area contributed by atoms with Crippen molar-refractivity contribution in [2.24, 2.45) is 5.41 Å². The van der Waals surface area contributed by atoms with E-state index >= 15 is 0 Å². The summed E-state index contributed by atoms with van der Waals surface area (Å²) in [6.07, 6.45) is 3.20. The molecule has 2 aromatic carbocycles. The Labute approximate surface area is 210 Å². The molecule has 1 aliphatic carbocycles. The second-order valence-corrected chi connectivity index (χ2v) is 12.4. The minimum Gasteiger partial charge on any atom is -0.294 e. The zero-order valence-electron chi connectivity index (χ0n) is 20.7. The zero-order chi connectivity index (χ0) is 26.7. The van der Waals surface area contributed by atoms with E-state index in [2.05, 4.69) is 0 Å². The van der Waals surface area contributed by atoms with Crippen LogP contribution in [-0.2, 0) is 20.0 Å². The smallest absolute Gasteiger partial charge is 0.294 e. The Balaban J connectivity index is 0.000000840. The van der Waals surface area contributed by atoms with Crippen LogP contribution in [0.2, 0.25) is 0 Å². The molecule has 0 unspecified atom stereocenters. The maximum Gasteiger partial charge on any atom is 0.483 e. The van der Waals surface area contributed by atoms with Crippen molar-refractivity contribution in [1.82, 2.24) is 0 Å². The first-order valence-corrected chi connectivity index (χ1v) is 13.9. The fraction of sp³-hybridized carbons (Fsp3) is 0.444. The van der Waals surface area contributed by atoms with Gasteiger partial charge in [0.2, 0.25) is 5.91 Å². The summed E-state index contributed by atoms with van der Waals surface area (Å²) in [5.41, 5.74) is 1.75. The van der Waals surface area contributed by atoms with Gasteiger partial charge in [-0.25, -0.2) is 13.2 Å². The molecule has 6 nitrogen and oxygen atoms in total. The fourth-order valence-corrected chi connectivity index (χ4v) is 6.92. The van der Waals surface area contributed by atoms with Crippen molar-refractivity contribution in [2.75, 3.05) is 16.9 Å². The third kappa shape index (κ3) is 6.24. The van der Waals surface area contributed by atoms with Gasteiger partial charge in [-0.15, -0.1) is 8.78 Å². The molecule has 4 rings (SSSR count). The molecule has 0 atom stereocenters. The van der Waals surface area contributed by atoms with Gasteiger partial charge in [-0.05, 0) is 68.0 Å². The van der Waals surface area contributed by atoms with Gasteiger partial charge < -0.3 is 0 Å². The van der Waals surface area contributed by atoms with Crippen LogP contribution in [0.5, 0.6) is 0 Å². The Hall–Kier alpha value is -2.94. The number of rotatable bonds is 6. The lowest BCUT2D eigenvalue weighted by Crippen LogP contribution is -2.34. The summed E-state index contributed by atoms with van der Waals surface area (Å²) < 4.78 is 43.6. The summed E-state index contributed by atoms with van der Waals surface area (Å²) >= 11 is 0. The first-order valence-electron chi connectivity index (χ1n) is 11.9. The molecule has 0 aromatic heterocycles. The Kier molecular flexibility index (Phi) is 8.13. The zero-order valence-corrected chi connectivity index (χ0v) is 21.5. The average Bonchev–Trinajstić information content (AvgIpc) is 2.98. The number of halogens is 2. The van der Waals surface area contributed by atoms with Crippen molar-refractivity contribution in [1.29, 1.82) is 0 Å². The van der Waals surface area contributed by atoms with Crippen molar-refractivity contribution in [3.8, 4) is 0 Å². The Morgan fingerprint density at radius 2 is 1.56 bits per heavy atom. The molecule has 1 fully saturated rings. The largest absolute Gasteiger partial charge is 0.483 e. The summed E-state index contributed by atoms with van der Waals surface area (Å²) in [6.45, 7) is 3.77. The Morgan fingerprint density at radius 1 is 0.972 bits per heavy atom. The van der Waals surface area contributed by atoms with Crippen LogP contribution in [0, 0.1) is 5.41 Å². The molecule has 1 amide bonds. The van der Waals surface area contributed by atoms with E-state index in [1.165, 1.54) is 6.26 Å². The Bertz CT molecular complexity index is 1250. The van der Waals surface area contributed by atoms with Crippen molar-refractivity contribution >= 4 is 39.2 Å². The number of fused-ring (bicyclic) bond motifs is 1. The minimum atomic E-state index is -3.19. The lowest BCUT2D eigenvalue weighted by molar-refractivity contribution is -0.121. The number of sulfone groups is 1. The van der Waals surface area contributed by atoms with Crippen LogP contribution in [0.25, 0.3) is 0 Å². The van der Waals surface area contributed by atoms with Gasteiger partial charge in [0.05, 0.1) is 16.9 Å². The average molecular weight is 520 g/mol. The van der Waals surface area contributed by atoms with Crippen LogP contribution in [0.4, 0.5) is 25.0 Å². The summed E-state index contributed by atoms with van der Waals surface area (Å²) in [4.78, 5) is 36.4. The van der Waals surface area contributed by atoms with Gasteiger partial charge in [-0.3, -0.25) is 14.5 Å². The Morgan fingerprint density at radius 3 is 2.11 bits per heavy atom. The molecule has 1 saturated carbocycles. The number of hydrogen-bond donors (Lipinski definition) is 0. The number of anilines is 2. The van der Waals surface area contributed by atoms with Crippen LogP contribution in [0.15, 0.2) is 48.5 Å². The van der Waals surface area contributed by atoms with Gasteiger partial charge >= 0.3 is 6.29 Å². The highest BCUT2D eigenvalue weighted by atomic mass is 32.2. The number of amides is 1. The van der Waals surface area contributed by atoms with Gasteiger partial charge in [0.1, 0.15) is 9.84 Å². The van der Waals surface area contributed by atoms with Gasteiger partial charge in [-0.1, -0.05) is 37.5 Å². The standard InChI is InChI=1S/C26H31NO4S.CF2O/c1-25(2)21-16-19(12-13-22(21)27(24(25)29)20-10-6-4-7-11-20)23(28)17-26(18-32(3,30)31)14-8-5-9-15-26;2-1(3)4/h4,6-7,10-13,16H,5,8-9,14-15,17-18H2,1-3H3;. The van der Waals surface area contributed by atoms with Gasteiger partial charge in [0.15, 0.2) is 5.78 Å². The highest BCUT2D eigenvalue weighted by Gasteiger charge is 2.45. The molecule has 1 aliphatic heterocycles. The molecule has 0 saturated heterocycles. The summed E-state index contributed by atoms with van der Waals surface area (Å²) in [6, 6.07) is 15.0. The highest BCUT2D eigenvalue weighted by molar-refractivity contribution is 7.90. The highest BCUT2D eigenvalue weighted by Crippen LogP contribution is 2.46. The maximum atomic E-state index is 13.4. The van der Waals surface area contributed by atoms with Crippen LogP contribution in [-0.4, -0.2) is 38.4 Å². The number of benzene rings is 2. The van der Waals surface area contributed by atoms with E-state index in [-0.39, 0.29) is 23.9 Å². The number of nitrogens with zero attached hydrogens (tertiary/aromatic N) is 1. The second kappa shape index (κ2) is 10.6. The maximum absolute atomic E-state index is 13.4. The number of Topliss-reactive ketones (excluding diaryl/α,β-unsaturated/α-hetero) is 1. The minimum absolute atomic E-state index is 0.0240. The van der Waals surface area contributed by atoms with Crippen molar-refractivity contribution in [3.05, 3.63) is 59.7 Å². The molecule has 0 bridgehead atoms. The molecule has 36 heavy (non-hydrogen) atoms. The molecule has 0 radical (unpaired) electrons. The molecule has 0 N–H and O–H groups in total. The summed E-state index contributed by atoms with van der Waals surface area (Å²) in [5.74, 6) is -0.00787. The lowest BCUT2D eigenvalue weighted by Gasteiger charge is -2.36. The van der Waals surface area contributed by atoms with Gasteiger partial charge in [0, 0.05) is 23.9 Å². The first kappa shape index (κ1) is 27.6. The number of para-hydroxylation sites is 1. The topological polar surface area (TPSA) is 88.6 Å². The lowest BCUT2D eigenvalue weighted by atomic mass is 9.71. The van der Waals surface area contributed by atoms with Crippen LogP contribution in [0.3, 0.4) is 0 Å². The summed E-state index contributed by atoms with van der Waals surface area (Å²) in [5, 5.41) is 0. The molecule has 2 aliphatic rings.